The number of rotatable bonds is 4. The van der Waals surface area contributed by atoms with Gasteiger partial charge in [0.05, 0.1) is 12.7 Å². The van der Waals surface area contributed by atoms with Crippen LogP contribution in [-0.4, -0.2) is 7.11 Å². The highest BCUT2D eigenvalue weighted by Crippen LogP contribution is 2.23. The normalized spacial score (nSPS) is 9.74. The second kappa shape index (κ2) is 6.12. The summed E-state index contributed by atoms with van der Waals surface area (Å²) in [7, 11) is 1.62. The maximum absolute atomic E-state index is 9.00. The lowest BCUT2D eigenvalue weighted by molar-refractivity contribution is 0.305. The summed E-state index contributed by atoms with van der Waals surface area (Å²) in [5.74, 6) is 1.33. The van der Waals surface area contributed by atoms with Crippen molar-refractivity contribution in [1.82, 2.24) is 0 Å². The van der Waals surface area contributed by atoms with Gasteiger partial charge < -0.3 is 9.47 Å². The molecule has 4 heteroatoms. The van der Waals surface area contributed by atoms with Gasteiger partial charge in [0.2, 0.25) is 0 Å². The Balaban J connectivity index is 2.08. The van der Waals surface area contributed by atoms with E-state index in [0.717, 1.165) is 11.3 Å². The van der Waals surface area contributed by atoms with Crippen LogP contribution in [0.5, 0.6) is 11.5 Å². The maximum atomic E-state index is 9.00. The number of nitriles is 1. The molecule has 2 rings (SSSR count). The molecule has 0 bridgehead atoms. The summed E-state index contributed by atoms with van der Waals surface area (Å²) < 4.78 is 10.7. The van der Waals surface area contributed by atoms with E-state index in [9.17, 15) is 0 Å². The smallest absolute Gasteiger partial charge is 0.137 e. The minimum Gasteiger partial charge on any atom is -0.497 e. The summed E-state index contributed by atoms with van der Waals surface area (Å²) in [6, 6.07) is 14.6. The third-order valence-electron chi connectivity index (χ3n) is 2.62. The first-order valence-electron chi connectivity index (χ1n) is 5.68. The molecular weight excluding hydrogens is 262 g/mol. The van der Waals surface area contributed by atoms with Crippen molar-refractivity contribution < 1.29 is 9.47 Å². The molecule has 2 aromatic rings. The van der Waals surface area contributed by atoms with Gasteiger partial charge in [-0.2, -0.15) is 5.26 Å². The van der Waals surface area contributed by atoms with Crippen molar-refractivity contribution in [2.75, 3.05) is 7.11 Å². The van der Waals surface area contributed by atoms with Crippen molar-refractivity contribution in [2.45, 2.75) is 6.61 Å². The van der Waals surface area contributed by atoms with Gasteiger partial charge in [-0.15, -0.1) is 0 Å². The van der Waals surface area contributed by atoms with Crippen molar-refractivity contribution in [1.29, 1.82) is 5.26 Å². The number of benzene rings is 2. The number of methoxy groups -OCH3 is 1. The van der Waals surface area contributed by atoms with Crippen LogP contribution in [0.15, 0.2) is 42.5 Å². The third-order valence-corrected chi connectivity index (χ3v) is 2.85. The maximum Gasteiger partial charge on any atom is 0.137 e. The molecule has 0 aliphatic rings. The fraction of sp³-hybridized carbons (Fsp3) is 0.133. The molecule has 3 nitrogen and oxygen atoms in total. The molecule has 0 N–H and O–H groups in total. The van der Waals surface area contributed by atoms with Gasteiger partial charge in [0.15, 0.2) is 0 Å². The van der Waals surface area contributed by atoms with Crippen molar-refractivity contribution >= 4 is 11.6 Å². The Morgan fingerprint density at radius 2 is 1.89 bits per heavy atom. The van der Waals surface area contributed by atoms with Gasteiger partial charge in [-0.05, 0) is 35.9 Å². The number of hydrogen-bond acceptors (Lipinski definition) is 3. The van der Waals surface area contributed by atoms with Crippen molar-refractivity contribution in [2.24, 2.45) is 0 Å². The monoisotopic (exact) mass is 273 g/mol. The van der Waals surface area contributed by atoms with E-state index >= 15 is 0 Å². The molecule has 0 fully saturated rings. The largest absolute Gasteiger partial charge is 0.497 e. The molecule has 0 unspecified atom stereocenters. The lowest BCUT2D eigenvalue weighted by Crippen LogP contribution is -1.97. The Morgan fingerprint density at radius 3 is 2.53 bits per heavy atom. The Morgan fingerprint density at radius 1 is 1.16 bits per heavy atom. The minimum atomic E-state index is 0.389. The van der Waals surface area contributed by atoms with E-state index in [1.807, 2.05) is 24.3 Å². The van der Waals surface area contributed by atoms with Crippen LogP contribution < -0.4 is 9.47 Å². The second-order valence-electron chi connectivity index (χ2n) is 3.89. The van der Waals surface area contributed by atoms with Gasteiger partial charge >= 0.3 is 0 Å². The third kappa shape index (κ3) is 3.40. The summed E-state index contributed by atoms with van der Waals surface area (Å²) in [4.78, 5) is 0. The van der Waals surface area contributed by atoms with Crippen LogP contribution in [-0.2, 0) is 6.61 Å². The number of hydrogen-bond donors (Lipinski definition) is 0. The highest BCUT2D eigenvalue weighted by Gasteiger charge is 2.04. The zero-order chi connectivity index (χ0) is 13.7. The Bertz CT molecular complexity index is 603. The van der Waals surface area contributed by atoms with E-state index in [-0.39, 0.29) is 0 Å². The van der Waals surface area contributed by atoms with E-state index in [1.54, 1.807) is 25.3 Å². The Hall–Kier alpha value is -2.18. The molecule has 0 radical (unpaired) electrons. The molecule has 0 saturated carbocycles. The molecule has 96 valence electrons. The van der Waals surface area contributed by atoms with Gasteiger partial charge in [-0.1, -0.05) is 23.7 Å². The summed E-state index contributed by atoms with van der Waals surface area (Å²) in [5, 5.41) is 9.52. The van der Waals surface area contributed by atoms with Crippen LogP contribution in [0.25, 0.3) is 0 Å². The quantitative estimate of drug-likeness (QED) is 0.851. The summed E-state index contributed by atoms with van der Waals surface area (Å²) in [6.07, 6.45) is 0. The molecule has 0 atom stereocenters. The first-order chi connectivity index (χ1) is 9.22. The van der Waals surface area contributed by atoms with Crippen LogP contribution in [0, 0.1) is 11.3 Å². The van der Waals surface area contributed by atoms with Crippen LogP contribution >= 0.6 is 11.6 Å². The van der Waals surface area contributed by atoms with E-state index in [1.165, 1.54) is 0 Å². The average Bonchev–Trinajstić information content (AvgIpc) is 2.46. The van der Waals surface area contributed by atoms with Crippen LogP contribution in [0.3, 0.4) is 0 Å². The molecule has 0 amide bonds. The molecule has 0 aromatic heterocycles. The molecule has 0 saturated heterocycles. The van der Waals surface area contributed by atoms with Gasteiger partial charge in [0.1, 0.15) is 24.2 Å². The zero-order valence-electron chi connectivity index (χ0n) is 10.4. The van der Waals surface area contributed by atoms with Crippen molar-refractivity contribution in [3.8, 4) is 17.6 Å². The predicted octanol–water partition coefficient (Wildman–Crippen LogP) is 3.80. The minimum absolute atomic E-state index is 0.389. The SMILES string of the molecule is COc1ccc(COc2ccc(Cl)cc2C#N)cc1. The second-order valence-corrected chi connectivity index (χ2v) is 4.33. The summed E-state index contributed by atoms with van der Waals surface area (Å²) >= 11 is 5.83. The highest BCUT2D eigenvalue weighted by molar-refractivity contribution is 6.30. The van der Waals surface area contributed by atoms with Crippen molar-refractivity contribution in [3.05, 3.63) is 58.6 Å². The summed E-state index contributed by atoms with van der Waals surface area (Å²) in [5.41, 5.74) is 1.43. The average molecular weight is 274 g/mol. The summed E-state index contributed by atoms with van der Waals surface area (Å²) in [6.45, 7) is 0.389. The van der Waals surface area contributed by atoms with E-state index < -0.39 is 0 Å². The van der Waals surface area contributed by atoms with Crippen LogP contribution in [0.1, 0.15) is 11.1 Å². The fourth-order valence-corrected chi connectivity index (χ4v) is 1.77. The van der Waals surface area contributed by atoms with Gasteiger partial charge in [-0.3, -0.25) is 0 Å². The van der Waals surface area contributed by atoms with E-state index in [4.69, 9.17) is 26.3 Å². The Labute approximate surface area is 117 Å². The van der Waals surface area contributed by atoms with E-state index in [0.29, 0.717) is 22.9 Å². The molecule has 19 heavy (non-hydrogen) atoms. The van der Waals surface area contributed by atoms with Gasteiger partial charge in [0.25, 0.3) is 0 Å². The highest BCUT2D eigenvalue weighted by atomic mass is 35.5. The first kappa shape index (κ1) is 13.3. The topological polar surface area (TPSA) is 42.2 Å². The lowest BCUT2D eigenvalue weighted by atomic mass is 10.2. The molecule has 0 spiro atoms. The standard InChI is InChI=1S/C15H12ClNO2/c1-18-14-5-2-11(3-6-14)10-19-15-7-4-13(16)8-12(15)9-17/h2-8H,10H2,1H3. The van der Waals surface area contributed by atoms with Crippen molar-refractivity contribution in [3.63, 3.8) is 0 Å². The van der Waals surface area contributed by atoms with Gasteiger partial charge in [-0.25, -0.2) is 0 Å². The molecule has 0 aliphatic heterocycles. The predicted molar refractivity (Wildman–Crippen MR) is 73.5 cm³/mol. The molecular formula is C15H12ClNO2. The number of halogens is 1. The van der Waals surface area contributed by atoms with Gasteiger partial charge in [0, 0.05) is 5.02 Å². The number of nitrogens with zero attached hydrogens (tertiary/aromatic N) is 1. The van der Waals surface area contributed by atoms with Crippen LogP contribution in [0.2, 0.25) is 5.02 Å². The number of ether oxygens (including phenoxy) is 2. The Kier molecular flexibility index (Phi) is 4.27. The zero-order valence-corrected chi connectivity index (χ0v) is 11.1. The molecule has 2 aromatic carbocycles. The fourth-order valence-electron chi connectivity index (χ4n) is 1.60. The lowest BCUT2D eigenvalue weighted by Gasteiger charge is -2.08. The molecule has 0 aliphatic carbocycles. The first-order valence-corrected chi connectivity index (χ1v) is 6.06. The van der Waals surface area contributed by atoms with Crippen LogP contribution in [0.4, 0.5) is 0 Å². The molecule has 0 heterocycles. The van der Waals surface area contributed by atoms with E-state index in [2.05, 4.69) is 6.07 Å².